The van der Waals surface area contributed by atoms with E-state index in [-0.39, 0.29) is 6.03 Å². The second-order valence-corrected chi connectivity index (χ2v) is 5.11. The summed E-state index contributed by atoms with van der Waals surface area (Å²) in [6.07, 6.45) is 0. The highest BCUT2D eigenvalue weighted by molar-refractivity contribution is 7.15. The van der Waals surface area contributed by atoms with E-state index in [1.807, 2.05) is 25.1 Å². The van der Waals surface area contributed by atoms with Gasteiger partial charge in [-0.3, -0.25) is 5.32 Å². The molecule has 94 valence electrons. The summed E-state index contributed by atoms with van der Waals surface area (Å²) < 4.78 is 0. The van der Waals surface area contributed by atoms with Crippen LogP contribution in [0.3, 0.4) is 0 Å². The predicted molar refractivity (Wildman–Crippen MR) is 72.0 cm³/mol. The highest BCUT2D eigenvalue weighted by Crippen LogP contribution is 2.15. The van der Waals surface area contributed by atoms with Gasteiger partial charge in [-0.15, -0.1) is 10.2 Å². The zero-order chi connectivity index (χ0) is 13.0. The van der Waals surface area contributed by atoms with Crippen LogP contribution in [-0.2, 0) is 6.54 Å². The molecule has 1 heterocycles. The number of hydrogen-bond acceptors (Lipinski definition) is 4. The first-order valence-corrected chi connectivity index (χ1v) is 6.43. The molecule has 0 spiro atoms. The second kappa shape index (κ2) is 5.79. The molecule has 0 aliphatic rings. The Labute approximate surface area is 113 Å². The largest absolute Gasteiger partial charge is 0.334 e. The number of halogens is 1. The molecule has 2 rings (SSSR count). The van der Waals surface area contributed by atoms with Crippen molar-refractivity contribution in [3.05, 3.63) is 39.9 Å². The number of carbonyl (C=O) groups excluding carboxylic acids is 1. The van der Waals surface area contributed by atoms with E-state index < -0.39 is 0 Å². The maximum atomic E-state index is 11.6. The summed E-state index contributed by atoms with van der Waals surface area (Å²) in [7, 11) is 0. The summed E-state index contributed by atoms with van der Waals surface area (Å²) in [4.78, 5) is 11.6. The van der Waals surface area contributed by atoms with Crippen molar-refractivity contribution in [1.82, 2.24) is 15.5 Å². The minimum Gasteiger partial charge on any atom is -0.334 e. The van der Waals surface area contributed by atoms with Gasteiger partial charge in [0, 0.05) is 11.6 Å². The zero-order valence-corrected chi connectivity index (χ0v) is 11.2. The van der Waals surface area contributed by atoms with Crippen LogP contribution in [0.2, 0.25) is 5.02 Å². The number of benzene rings is 1. The smallest absolute Gasteiger partial charge is 0.321 e. The average Bonchev–Trinajstić information content (AvgIpc) is 2.74. The van der Waals surface area contributed by atoms with Gasteiger partial charge >= 0.3 is 6.03 Å². The van der Waals surface area contributed by atoms with Crippen molar-refractivity contribution >= 4 is 34.1 Å². The molecule has 0 aliphatic carbocycles. The third-order valence-corrected chi connectivity index (χ3v) is 3.27. The van der Waals surface area contributed by atoms with Crippen molar-refractivity contribution in [2.75, 3.05) is 5.32 Å². The molecular formula is C11H11ClN4OS. The van der Waals surface area contributed by atoms with Gasteiger partial charge < -0.3 is 5.32 Å². The molecule has 7 heteroatoms. The number of hydrogen-bond donors (Lipinski definition) is 2. The third-order valence-electron chi connectivity index (χ3n) is 2.14. The predicted octanol–water partition coefficient (Wildman–Crippen LogP) is 2.82. The van der Waals surface area contributed by atoms with Crippen LogP contribution in [0.4, 0.5) is 9.93 Å². The highest BCUT2D eigenvalue weighted by Gasteiger charge is 2.06. The minimum atomic E-state index is -0.328. The van der Waals surface area contributed by atoms with Gasteiger partial charge in [-0.25, -0.2) is 4.79 Å². The Morgan fingerprint density at radius 2 is 2.17 bits per heavy atom. The molecule has 2 N–H and O–H groups in total. The number of nitrogens with one attached hydrogen (secondary N) is 2. The first-order chi connectivity index (χ1) is 8.65. The Morgan fingerprint density at radius 1 is 1.39 bits per heavy atom. The van der Waals surface area contributed by atoms with Crippen molar-refractivity contribution in [2.24, 2.45) is 0 Å². The van der Waals surface area contributed by atoms with Crippen molar-refractivity contribution < 1.29 is 4.79 Å². The number of amides is 2. The number of aromatic nitrogens is 2. The van der Waals surface area contributed by atoms with Crippen molar-refractivity contribution in [1.29, 1.82) is 0 Å². The quantitative estimate of drug-likeness (QED) is 0.910. The monoisotopic (exact) mass is 282 g/mol. The molecular weight excluding hydrogens is 272 g/mol. The minimum absolute atomic E-state index is 0.328. The number of carbonyl (C=O) groups is 1. The topological polar surface area (TPSA) is 66.9 Å². The number of aryl methyl sites for hydroxylation is 1. The Hall–Kier alpha value is -1.66. The number of urea groups is 1. The standard InChI is InChI=1S/C11H11ClN4OS/c1-7-15-16-11(18-7)14-10(17)13-6-8-4-2-3-5-9(8)12/h2-5H,6H2,1H3,(H2,13,14,16,17). The van der Waals surface area contributed by atoms with Gasteiger partial charge in [-0.05, 0) is 18.6 Å². The lowest BCUT2D eigenvalue weighted by Gasteiger charge is -2.06. The van der Waals surface area contributed by atoms with Gasteiger partial charge in [0.05, 0.1) is 0 Å². The summed E-state index contributed by atoms with van der Waals surface area (Å²) in [5.74, 6) is 0. The summed E-state index contributed by atoms with van der Waals surface area (Å²) >= 11 is 7.30. The van der Waals surface area contributed by atoms with E-state index >= 15 is 0 Å². The number of nitrogens with zero attached hydrogens (tertiary/aromatic N) is 2. The maximum Gasteiger partial charge on any atom is 0.321 e. The summed E-state index contributed by atoms with van der Waals surface area (Å²) in [5, 5.41) is 14.8. The van der Waals surface area contributed by atoms with Crippen LogP contribution in [0.15, 0.2) is 24.3 Å². The maximum absolute atomic E-state index is 11.6. The molecule has 0 fully saturated rings. The van der Waals surface area contributed by atoms with Gasteiger partial charge in [-0.1, -0.05) is 41.1 Å². The molecule has 0 saturated heterocycles. The van der Waals surface area contributed by atoms with E-state index in [2.05, 4.69) is 20.8 Å². The fraction of sp³-hybridized carbons (Fsp3) is 0.182. The van der Waals surface area contributed by atoms with E-state index in [4.69, 9.17) is 11.6 Å². The lowest BCUT2D eigenvalue weighted by atomic mass is 10.2. The molecule has 0 aliphatic heterocycles. The van der Waals surface area contributed by atoms with Crippen LogP contribution in [0.25, 0.3) is 0 Å². The fourth-order valence-corrected chi connectivity index (χ4v) is 2.10. The first-order valence-electron chi connectivity index (χ1n) is 5.23. The van der Waals surface area contributed by atoms with E-state index in [9.17, 15) is 4.79 Å². The van der Waals surface area contributed by atoms with Gasteiger partial charge in [0.15, 0.2) is 0 Å². The fourth-order valence-electron chi connectivity index (χ4n) is 1.31. The molecule has 5 nitrogen and oxygen atoms in total. The lowest BCUT2D eigenvalue weighted by Crippen LogP contribution is -2.28. The third kappa shape index (κ3) is 3.41. The summed E-state index contributed by atoms with van der Waals surface area (Å²) in [6, 6.07) is 7.03. The van der Waals surface area contributed by atoms with Crippen LogP contribution in [0, 0.1) is 6.92 Å². The number of anilines is 1. The van der Waals surface area contributed by atoms with Crippen LogP contribution in [0.1, 0.15) is 10.6 Å². The van der Waals surface area contributed by atoms with Gasteiger partial charge in [0.1, 0.15) is 5.01 Å². The van der Waals surface area contributed by atoms with Crippen molar-refractivity contribution in [2.45, 2.75) is 13.5 Å². The van der Waals surface area contributed by atoms with E-state index in [1.54, 1.807) is 6.07 Å². The lowest BCUT2D eigenvalue weighted by molar-refractivity contribution is 0.251. The normalized spacial score (nSPS) is 10.1. The Kier molecular flexibility index (Phi) is 4.11. The summed E-state index contributed by atoms with van der Waals surface area (Å²) in [5.41, 5.74) is 0.864. The average molecular weight is 283 g/mol. The molecule has 0 radical (unpaired) electrons. The van der Waals surface area contributed by atoms with Gasteiger partial charge in [-0.2, -0.15) is 0 Å². The zero-order valence-electron chi connectivity index (χ0n) is 9.61. The van der Waals surface area contributed by atoms with E-state index in [1.165, 1.54) is 11.3 Å². The first kappa shape index (κ1) is 12.8. The van der Waals surface area contributed by atoms with Gasteiger partial charge in [0.25, 0.3) is 0 Å². The molecule has 0 bridgehead atoms. The highest BCUT2D eigenvalue weighted by atomic mass is 35.5. The van der Waals surface area contributed by atoms with E-state index in [0.29, 0.717) is 16.7 Å². The number of rotatable bonds is 3. The van der Waals surface area contributed by atoms with Crippen LogP contribution >= 0.6 is 22.9 Å². The van der Waals surface area contributed by atoms with Crippen LogP contribution in [0.5, 0.6) is 0 Å². The summed E-state index contributed by atoms with van der Waals surface area (Å²) in [6.45, 7) is 2.19. The Bertz CT molecular complexity index is 557. The molecule has 1 aromatic carbocycles. The van der Waals surface area contributed by atoms with Crippen molar-refractivity contribution in [3.8, 4) is 0 Å². The van der Waals surface area contributed by atoms with E-state index in [0.717, 1.165) is 10.6 Å². The SMILES string of the molecule is Cc1nnc(NC(=O)NCc2ccccc2Cl)s1. The Balaban J connectivity index is 1.87. The molecule has 1 aromatic heterocycles. The Morgan fingerprint density at radius 3 is 2.83 bits per heavy atom. The van der Waals surface area contributed by atoms with Crippen molar-refractivity contribution in [3.63, 3.8) is 0 Å². The molecule has 18 heavy (non-hydrogen) atoms. The van der Waals surface area contributed by atoms with Crippen LogP contribution in [-0.4, -0.2) is 16.2 Å². The molecule has 2 aromatic rings. The molecule has 0 saturated carbocycles. The second-order valence-electron chi connectivity index (χ2n) is 3.53. The van der Waals surface area contributed by atoms with Crippen LogP contribution < -0.4 is 10.6 Å². The molecule has 0 atom stereocenters. The molecule has 0 unspecified atom stereocenters. The van der Waals surface area contributed by atoms with Gasteiger partial charge in [0.2, 0.25) is 5.13 Å². The molecule has 2 amide bonds.